The summed E-state index contributed by atoms with van der Waals surface area (Å²) in [6.07, 6.45) is 3.90. The number of aromatic nitrogens is 1. The third-order valence-electron chi connectivity index (χ3n) is 5.60. The summed E-state index contributed by atoms with van der Waals surface area (Å²) in [5, 5.41) is 1.70. The van der Waals surface area contributed by atoms with E-state index in [0.29, 0.717) is 10.6 Å². The lowest BCUT2D eigenvalue weighted by Crippen LogP contribution is -2.42. The molecule has 1 aromatic carbocycles. The van der Waals surface area contributed by atoms with Crippen LogP contribution in [0, 0.1) is 5.41 Å². The number of anilines is 1. The van der Waals surface area contributed by atoms with Crippen molar-refractivity contribution in [3.63, 3.8) is 0 Å². The topological polar surface area (TPSA) is 28.6 Å². The molecule has 0 amide bonds. The summed E-state index contributed by atoms with van der Waals surface area (Å²) in [6, 6.07) is 8.08. The van der Waals surface area contributed by atoms with Crippen LogP contribution in [0.2, 0.25) is 5.15 Å². The Kier molecular flexibility index (Phi) is 4.05. The number of hydrogen-bond acceptors (Lipinski definition) is 4. The number of likely N-dealkylation sites (tertiary alicyclic amines) is 1. The molecule has 0 N–H and O–H groups in total. The molecule has 3 heterocycles. The summed E-state index contributed by atoms with van der Waals surface area (Å²) in [7, 11) is 3.92. The van der Waals surface area contributed by atoms with Crippen molar-refractivity contribution in [2.24, 2.45) is 5.41 Å². The predicted octanol–water partition coefficient (Wildman–Crippen LogP) is 3.82. The van der Waals surface area contributed by atoms with Gasteiger partial charge < -0.3 is 14.5 Å². The summed E-state index contributed by atoms with van der Waals surface area (Å²) in [5.74, 6) is 0.815. The normalized spacial score (nSPS) is 24.9. The Hall–Kier alpha value is -1.52. The number of rotatable bonds is 2. The van der Waals surface area contributed by atoms with Gasteiger partial charge in [-0.15, -0.1) is 0 Å². The summed E-state index contributed by atoms with van der Waals surface area (Å²) in [5.41, 5.74) is 2.54. The Balaban J connectivity index is 1.69. The fourth-order valence-corrected chi connectivity index (χ4v) is 4.67. The molecule has 1 unspecified atom stereocenters. The van der Waals surface area contributed by atoms with Crippen LogP contribution in [0.1, 0.15) is 19.3 Å². The van der Waals surface area contributed by atoms with Gasteiger partial charge in [0.05, 0.1) is 12.6 Å². The molecular weight excluding hydrogens is 322 g/mol. The van der Waals surface area contributed by atoms with Gasteiger partial charge in [-0.25, -0.2) is 4.98 Å². The average molecular weight is 346 g/mol. The van der Waals surface area contributed by atoms with E-state index in [0.717, 1.165) is 29.7 Å². The Morgan fingerprint density at radius 2 is 2.04 bits per heavy atom. The first-order valence-corrected chi connectivity index (χ1v) is 9.04. The molecule has 4 nitrogen and oxygen atoms in total. The maximum atomic E-state index is 6.31. The minimum atomic E-state index is 0.432. The summed E-state index contributed by atoms with van der Waals surface area (Å²) in [4.78, 5) is 9.47. The van der Waals surface area contributed by atoms with Crippen LogP contribution in [0.5, 0.6) is 5.75 Å². The number of nitrogens with zero attached hydrogens (tertiary/aromatic N) is 3. The van der Waals surface area contributed by atoms with E-state index in [2.05, 4.69) is 27.9 Å². The smallest absolute Gasteiger partial charge is 0.131 e. The lowest BCUT2D eigenvalue weighted by molar-refractivity contribution is 0.128. The van der Waals surface area contributed by atoms with E-state index >= 15 is 0 Å². The first-order valence-electron chi connectivity index (χ1n) is 8.66. The number of hydrogen-bond donors (Lipinski definition) is 0. The van der Waals surface area contributed by atoms with Crippen LogP contribution in [0.25, 0.3) is 10.9 Å². The van der Waals surface area contributed by atoms with Crippen LogP contribution >= 0.6 is 11.6 Å². The minimum absolute atomic E-state index is 0.432. The third kappa shape index (κ3) is 2.82. The highest BCUT2D eigenvalue weighted by Gasteiger charge is 2.40. The summed E-state index contributed by atoms with van der Waals surface area (Å²) in [6.45, 7) is 4.63. The number of benzene rings is 1. The second-order valence-corrected chi connectivity index (χ2v) is 7.75. The fourth-order valence-electron chi connectivity index (χ4n) is 4.48. The quantitative estimate of drug-likeness (QED) is 0.774. The monoisotopic (exact) mass is 345 g/mol. The van der Waals surface area contributed by atoms with Gasteiger partial charge in [-0.3, -0.25) is 0 Å². The van der Waals surface area contributed by atoms with Gasteiger partial charge in [0.2, 0.25) is 0 Å². The van der Waals surface area contributed by atoms with Gasteiger partial charge in [0, 0.05) is 42.2 Å². The van der Waals surface area contributed by atoms with Crippen molar-refractivity contribution < 1.29 is 4.74 Å². The van der Waals surface area contributed by atoms with Crippen LogP contribution in [0.4, 0.5) is 5.69 Å². The molecule has 2 saturated heterocycles. The molecule has 5 heteroatoms. The van der Waals surface area contributed by atoms with Gasteiger partial charge in [0.1, 0.15) is 10.9 Å². The lowest BCUT2D eigenvalue weighted by atomic mass is 9.79. The molecule has 0 bridgehead atoms. The molecule has 0 saturated carbocycles. The molecule has 2 aliphatic heterocycles. The molecule has 1 aromatic heterocycles. The summed E-state index contributed by atoms with van der Waals surface area (Å²) < 4.78 is 5.33. The van der Waals surface area contributed by atoms with Gasteiger partial charge >= 0.3 is 0 Å². The van der Waals surface area contributed by atoms with E-state index in [-0.39, 0.29) is 0 Å². The Labute approximate surface area is 148 Å². The molecule has 2 aliphatic rings. The second-order valence-electron chi connectivity index (χ2n) is 7.36. The van der Waals surface area contributed by atoms with E-state index < -0.39 is 0 Å². The number of methoxy groups -OCH3 is 1. The van der Waals surface area contributed by atoms with E-state index in [1.807, 2.05) is 18.2 Å². The van der Waals surface area contributed by atoms with Crippen LogP contribution < -0.4 is 9.64 Å². The number of halogens is 1. The Morgan fingerprint density at radius 1 is 1.17 bits per heavy atom. The largest absolute Gasteiger partial charge is 0.497 e. The number of fused-ring (bicyclic) bond motifs is 1. The molecule has 1 spiro atoms. The van der Waals surface area contributed by atoms with Gasteiger partial charge in [0.25, 0.3) is 0 Å². The van der Waals surface area contributed by atoms with E-state index in [1.54, 1.807) is 7.11 Å². The molecule has 4 rings (SSSR count). The van der Waals surface area contributed by atoms with Crippen molar-refractivity contribution in [2.45, 2.75) is 19.3 Å². The first kappa shape index (κ1) is 16.0. The van der Waals surface area contributed by atoms with Crippen molar-refractivity contribution in [3.8, 4) is 5.75 Å². The Morgan fingerprint density at radius 3 is 2.83 bits per heavy atom. The van der Waals surface area contributed by atoms with Gasteiger partial charge in [-0.05, 0) is 51.1 Å². The second kappa shape index (κ2) is 6.08. The molecule has 1 atom stereocenters. The number of pyridine rings is 1. The van der Waals surface area contributed by atoms with Gasteiger partial charge in [-0.1, -0.05) is 11.6 Å². The van der Waals surface area contributed by atoms with Crippen molar-refractivity contribution in [1.29, 1.82) is 0 Å². The Bertz CT molecular complexity index is 766. The van der Waals surface area contributed by atoms with E-state index in [4.69, 9.17) is 16.3 Å². The standard InChI is InChI=1S/C19H24ClN3O/c1-22-8-3-6-19(12-22)7-9-23(13-19)17-11-18(20)21-16-10-14(24-2)4-5-15(16)17/h4-5,10-11H,3,6-9,12-13H2,1-2H3. The molecule has 0 aliphatic carbocycles. The SMILES string of the molecule is COc1ccc2c(N3CCC4(CCCN(C)C4)C3)cc(Cl)nc2c1. The molecule has 128 valence electrons. The number of ether oxygens (including phenoxy) is 1. The highest BCUT2D eigenvalue weighted by Crippen LogP contribution is 2.42. The van der Waals surface area contributed by atoms with E-state index in [1.165, 1.54) is 38.0 Å². The van der Waals surface area contributed by atoms with Crippen molar-refractivity contribution >= 4 is 28.2 Å². The zero-order valence-electron chi connectivity index (χ0n) is 14.4. The van der Waals surface area contributed by atoms with Crippen molar-refractivity contribution in [3.05, 3.63) is 29.4 Å². The molecule has 2 aromatic rings. The summed E-state index contributed by atoms with van der Waals surface area (Å²) >= 11 is 6.31. The predicted molar refractivity (Wildman–Crippen MR) is 99.3 cm³/mol. The van der Waals surface area contributed by atoms with Crippen molar-refractivity contribution in [1.82, 2.24) is 9.88 Å². The average Bonchev–Trinajstić information content (AvgIpc) is 2.96. The number of piperidine rings is 1. The van der Waals surface area contributed by atoms with Crippen LogP contribution in [0.3, 0.4) is 0 Å². The van der Waals surface area contributed by atoms with Gasteiger partial charge in [-0.2, -0.15) is 0 Å². The first-order chi connectivity index (χ1) is 11.6. The fraction of sp³-hybridized carbons (Fsp3) is 0.526. The molecule has 0 radical (unpaired) electrons. The van der Waals surface area contributed by atoms with Crippen LogP contribution in [-0.2, 0) is 0 Å². The zero-order chi connectivity index (χ0) is 16.7. The highest BCUT2D eigenvalue weighted by atomic mass is 35.5. The zero-order valence-corrected chi connectivity index (χ0v) is 15.1. The van der Waals surface area contributed by atoms with Crippen molar-refractivity contribution in [2.75, 3.05) is 45.2 Å². The maximum Gasteiger partial charge on any atom is 0.131 e. The lowest BCUT2D eigenvalue weighted by Gasteiger charge is -2.38. The molecule has 24 heavy (non-hydrogen) atoms. The minimum Gasteiger partial charge on any atom is -0.497 e. The van der Waals surface area contributed by atoms with Gasteiger partial charge in [0.15, 0.2) is 0 Å². The van der Waals surface area contributed by atoms with E-state index in [9.17, 15) is 0 Å². The van der Waals surface area contributed by atoms with Crippen LogP contribution in [-0.4, -0.2) is 50.2 Å². The third-order valence-corrected chi connectivity index (χ3v) is 5.79. The maximum absolute atomic E-state index is 6.31. The van der Waals surface area contributed by atoms with Crippen LogP contribution in [0.15, 0.2) is 24.3 Å². The molecular formula is C19H24ClN3O. The highest BCUT2D eigenvalue weighted by molar-refractivity contribution is 6.30. The molecule has 2 fully saturated rings.